The molecule has 0 aromatic carbocycles. The first kappa shape index (κ1) is 27.1. The molecule has 0 saturated heterocycles. The number of hydrogen-bond donors (Lipinski definition) is 3. The van der Waals surface area contributed by atoms with Crippen LogP contribution in [0.4, 0.5) is 0 Å². The first-order chi connectivity index (χ1) is 8.22. The molecule has 0 heterocycles. The molecule has 0 amide bonds. The van der Waals surface area contributed by atoms with Crippen LogP contribution < -0.4 is 0 Å². The molecule has 0 atom stereocenters. The standard InChI is InChI=1S/3C4H10O.C2H5.Sn.H/c3*1-4(2)3-5;1-2;;/h3*4-5H,3H2,1-2H3;1H2,2H3;;. The Morgan fingerprint density at radius 2 is 0.722 bits per heavy atom. The van der Waals surface area contributed by atoms with E-state index in [0.717, 1.165) is 0 Å². The van der Waals surface area contributed by atoms with Crippen LogP contribution in [0.3, 0.4) is 0 Å². The summed E-state index contributed by atoms with van der Waals surface area (Å²) in [6, 6.07) is 0. The topological polar surface area (TPSA) is 60.7 Å². The van der Waals surface area contributed by atoms with Crippen molar-refractivity contribution in [1.82, 2.24) is 0 Å². The molecule has 0 aromatic rings. The fourth-order valence-electron chi connectivity index (χ4n) is 0. The second-order valence-electron chi connectivity index (χ2n) is 5.14. The molecule has 0 aliphatic carbocycles. The average molecular weight is 371 g/mol. The van der Waals surface area contributed by atoms with Crippen LogP contribution in [0.15, 0.2) is 0 Å². The van der Waals surface area contributed by atoms with Crippen LogP contribution in [0.1, 0.15) is 48.5 Å². The van der Waals surface area contributed by atoms with Crippen molar-refractivity contribution in [3.63, 3.8) is 0 Å². The van der Waals surface area contributed by atoms with Gasteiger partial charge in [-0.2, -0.15) is 0 Å². The SMILES string of the molecule is CC(C)CO.CC(C)CO.CC(C)CO.C[CH2][SnH]. The Labute approximate surface area is 128 Å². The molecule has 114 valence electrons. The van der Waals surface area contributed by atoms with Gasteiger partial charge in [-0.25, -0.2) is 0 Å². The molecule has 0 rings (SSSR count). The van der Waals surface area contributed by atoms with E-state index >= 15 is 0 Å². The van der Waals surface area contributed by atoms with Gasteiger partial charge in [0, 0.05) is 19.8 Å². The zero-order valence-electron chi connectivity index (χ0n) is 13.5. The molecule has 0 spiro atoms. The normalized spacial score (nSPS) is 9.00. The number of aliphatic hydroxyl groups excluding tert-OH is 3. The molecule has 0 unspecified atom stereocenters. The van der Waals surface area contributed by atoms with Crippen LogP contribution in [0.25, 0.3) is 0 Å². The van der Waals surface area contributed by atoms with Gasteiger partial charge in [-0.15, -0.1) is 0 Å². The van der Waals surface area contributed by atoms with Crippen molar-refractivity contribution in [2.75, 3.05) is 19.8 Å². The average Bonchev–Trinajstić information content (AvgIpc) is 2.31. The molecule has 0 aromatic heterocycles. The van der Waals surface area contributed by atoms with Crippen LogP contribution >= 0.6 is 0 Å². The summed E-state index contributed by atoms with van der Waals surface area (Å²) >= 11 is 1.42. The molecular formula is C14H36O3Sn. The fourth-order valence-corrected chi connectivity index (χ4v) is 0. The second-order valence-corrected chi connectivity index (χ2v) is 7.47. The molecule has 18 heavy (non-hydrogen) atoms. The third-order valence-corrected chi connectivity index (χ3v) is 1.10. The summed E-state index contributed by atoms with van der Waals surface area (Å²) in [5, 5.41) is 24.4. The van der Waals surface area contributed by atoms with E-state index in [4.69, 9.17) is 15.3 Å². The first-order valence-corrected chi connectivity index (χ1v) is 9.08. The molecule has 2 radical (unpaired) electrons. The van der Waals surface area contributed by atoms with Gasteiger partial charge in [0.2, 0.25) is 0 Å². The molecule has 3 nitrogen and oxygen atoms in total. The summed E-state index contributed by atoms with van der Waals surface area (Å²) in [7, 11) is 0. The zero-order chi connectivity index (χ0) is 15.6. The summed E-state index contributed by atoms with van der Waals surface area (Å²) in [6.07, 6.45) is 0. The van der Waals surface area contributed by atoms with Crippen molar-refractivity contribution in [1.29, 1.82) is 0 Å². The van der Waals surface area contributed by atoms with Crippen LogP contribution in [0.2, 0.25) is 4.44 Å². The van der Waals surface area contributed by atoms with E-state index in [2.05, 4.69) is 6.92 Å². The van der Waals surface area contributed by atoms with Gasteiger partial charge in [0.15, 0.2) is 0 Å². The Morgan fingerprint density at radius 3 is 0.722 bits per heavy atom. The third kappa shape index (κ3) is 91.9. The molecule has 0 bridgehead atoms. The minimum absolute atomic E-state index is 0.306. The number of rotatable bonds is 3. The van der Waals surface area contributed by atoms with E-state index in [9.17, 15) is 0 Å². The molecule has 3 N–H and O–H groups in total. The van der Waals surface area contributed by atoms with Crippen molar-refractivity contribution in [3.8, 4) is 0 Å². The summed E-state index contributed by atoms with van der Waals surface area (Å²) < 4.78 is 1.38. The maximum absolute atomic E-state index is 8.14. The van der Waals surface area contributed by atoms with Gasteiger partial charge in [-0.05, 0) is 17.8 Å². The summed E-state index contributed by atoms with van der Waals surface area (Å²) in [6.45, 7) is 14.9. The van der Waals surface area contributed by atoms with Crippen LogP contribution in [0, 0.1) is 17.8 Å². The predicted molar refractivity (Wildman–Crippen MR) is 83.4 cm³/mol. The Bertz CT molecular complexity index is 88.2. The van der Waals surface area contributed by atoms with E-state index in [1.165, 1.54) is 27.0 Å². The van der Waals surface area contributed by atoms with Gasteiger partial charge in [0.1, 0.15) is 0 Å². The summed E-state index contributed by atoms with van der Waals surface area (Å²) in [4.78, 5) is 0. The molecule has 0 aliphatic heterocycles. The Kier molecular flexibility index (Phi) is 39.6. The van der Waals surface area contributed by atoms with Crippen molar-refractivity contribution in [2.45, 2.75) is 52.9 Å². The van der Waals surface area contributed by atoms with Gasteiger partial charge in [-0.3, -0.25) is 0 Å². The number of aliphatic hydroxyl groups is 3. The van der Waals surface area contributed by atoms with E-state index in [1.54, 1.807) is 0 Å². The van der Waals surface area contributed by atoms with Crippen molar-refractivity contribution in [2.24, 2.45) is 17.8 Å². The van der Waals surface area contributed by atoms with Crippen molar-refractivity contribution >= 4 is 22.5 Å². The first-order valence-electron chi connectivity index (χ1n) is 6.75. The number of hydrogen-bond acceptors (Lipinski definition) is 3. The molecule has 4 heteroatoms. The van der Waals surface area contributed by atoms with Gasteiger partial charge < -0.3 is 15.3 Å². The Hall–Kier alpha value is 0.679. The van der Waals surface area contributed by atoms with Crippen LogP contribution in [-0.4, -0.2) is 57.7 Å². The second kappa shape index (κ2) is 26.3. The monoisotopic (exact) mass is 372 g/mol. The van der Waals surface area contributed by atoms with Crippen molar-refractivity contribution in [3.05, 3.63) is 0 Å². The Balaban J connectivity index is -0.0000000739. The molecule has 0 aliphatic rings. The van der Waals surface area contributed by atoms with E-state index < -0.39 is 0 Å². The van der Waals surface area contributed by atoms with Gasteiger partial charge in [0.05, 0.1) is 0 Å². The van der Waals surface area contributed by atoms with E-state index in [0.29, 0.717) is 37.6 Å². The van der Waals surface area contributed by atoms with Gasteiger partial charge in [-0.1, -0.05) is 41.5 Å². The summed E-state index contributed by atoms with van der Waals surface area (Å²) in [5.74, 6) is 1.32. The third-order valence-electron chi connectivity index (χ3n) is 1.10. The van der Waals surface area contributed by atoms with E-state index in [-0.39, 0.29) is 0 Å². The quantitative estimate of drug-likeness (QED) is 0.667. The minimum atomic E-state index is 0.306. The molecule has 0 fully saturated rings. The zero-order valence-corrected chi connectivity index (χ0v) is 16.8. The fraction of sp³-hybridized carbons (Fsp3) is 1.00. The maximum atomic E-state index is 8.14. The van der Waals surface area contributed by atoms with Crippen LogP contribution in [0.5, 0.6) is 0 Å². The molecular weight excluding hydrogens is 335 g/mol. The van der Waals surface area contributed by atoms with Gasteiger partial charge in [0.25, 0.3) is 0 Å². The summed E-state index contributed by atoms with van der Waals surface area (Å²) in [5.41, 5.74) is 0. The predicted octanol–water partition coefficient (Wildman–Crippen LogP) is 2.23. The molecule has 0 saturated carbocycles. The Morgan fingerprint density at radius 1 is 0.667 bits per heavy atom. The van der Waals surface area contributed by atoms with Crippen molar-refractivity contribution < 1.29 is 15.3 Å². The van der Waals surface area contributed by atoms with Crippen LogP contribution in [-0.2, 0) is 0 Å². The van der Waals surface area contributed by atoms with E-state index in [1.807, 2.05) is 41.5 Å². The van der Waals surface area contributed by atoms with Gasteiger partial charge >= 0.3 is 33.9 Å².